The number of carbonyl (C=O) groups is 2. The second-order valence-corrected chi connectivity index (χ2v) is 7.61. The molecular weight excluding hydrogens is 336 g/mol. The van der Waals surface area contributed by atoms with E-state index in [1.165, 1.54) is 24.0 Å². The number of benzene rings is 2. The second kappa shape index (κ2) is 7.95. The molecule has 0 unspecified atom stereocenters. The Morgan fingerprint density at radius 3 is 2.37 bits per heavy atom. The zero-order valence-corrected chi connectivity index (χ0v) is 15.7. The fourth-order valence-electron chi connectivity index (χ4n) is 4.01. The van der Waals surface area contributed by atoms with Gasteiger partial charge in [-0.25, -0.2) is 0 Å². The number of fused-ring (bicyclic) bond motifs is 1. The van der Waals surface area contributed by atoms with Crippen molar-refractivity contribution >= 4 is 11.8 Å². The fourth-order valence-corrected chi connectivity index (χ4v) is 4.01. The molecule has 4 heteroatoms. The molecule has 27 heavy (non-hydrogen) atoms. The van der Waals surface area contributed by atoms with Gasteiger partial charge in [0.15, 0.2) is 0 Å². The van der Waals surface area contributed by atoms with E-state index in [2.05, 4.69) is 17.4 Å². The van der Waals surface area contributed by atoms with E-state index in [0.29, 0.717) is 19.5 Å². The van der Waals surface area contributed by atoms with Crippen LogP contribution >= 0.6 is 0 Å². The van der Waals surface area contributed by atoms with Crippen LogP contribution < -0.4 is 5.32 Å². The summed E-state index contributed by atoms with van der Waals surface area (Å²) >= 11 is 0. The lowest BCUT2D eigenvalue weighted by Crippen LogP contribution is -2.24. The summed E-state index contributed by atoms with van der Waals surface area (Å²) in [5.74, 6) is 0.228. The number of carbonyl (C=O) groups excluding carboxylic acids is 2. The average molecular weight is 362 g/mol. The molecule has 0 saturated carbocycles. The minimum Gasteiger partial charge on any atom is -0.348 e. The molecule has 2 aromatic rings. The number of hydrogen-bond donors (Lipinski definition) is 1. The third-order valence-corrected chi connectivity index (χ3v) is 5.63. The predicted octanol–water partition coefficient (Wildman–Crippen LogP) is 3.62. The summed E-state index contributed by atoms with van der Waals surface area (Å²) < 4.78 is 0. The van der Waals surface area contributed by atoms with E-state index in [-0.39, 0.29) is 11.8 Å². The summed E-state index contributed by atoms with van der Waals surface area (Å²) in [6.45, 7) is 2.05. The molecule has 0 aromatic heterocycles. The van der Waals surface area contributed by atoms with Gasteiger partial charge in [0.05, 0.1) is 0 Å². The maximum atomic E-state index is 12.5. The smallest absolute Gasteiger partial charge is 0.251 e. The maximum absolute atomic E-state index is 12.5. The summed E-state index contributed by atoms with van der Waals surface area (Å²) in [7, 11) is 0. The van der Waals surface area contributed by atoms with Crippen LogP contribution in [0.25, 0.3) is 0 Å². The van der Waals surface area contributed by atoms with Gasteiger partial charge in [-0.2, -0.15) is 0 Å². The van der Waals surface area contributed by atoms with E-state index in [4.69, 9.17) is 0 Å². The van der Waals surface area contributed by atoms with E-state index in [1.54, 1.807) is 0 Å². The summed E-state index contributed by atoms with van der Waals surface area (Å²) in [5.41, 5.74) is 5.67. The fraction of sp³-hybridized carbons (Fsp3) is 0.391. The third kappa shape index (κ3) is 4.21. The number of hydrogen-bond acceptors (Lipinski definition) is 2. The van der Waals surface area contributed by atoms with Crippen LogP contribution in [0.3, 0.4) is 0 Å². The second-order valence-electron chi connectivity index (χ2n) is 7.61. The Bertz CT molecular complexity index is 842. The van der Waals surface area contributed by atoms with E-state index < -0.39 is 0 Å². The third-order valence-electron chi connectivity index (χ3n) is 5.63. The molecule has 1 fully saturated rings. The first kappa shape index (κ1) is 17.8. The van der Waals surface area contributed by atoms with E-state index in [9.17, 15) is 9.59 Å². The highest BCUT2D eigenvalue weighted by Gasteiger charge is 2.19. The molecule has 1 aliphatic heterocycles. The molecule has 0 radical (unpaired) electrons. The van der Waals surface area contributed by atoms with Crippen LogP contribution in [0.5, 0.6) is 0 Å². The Hall–Kier alpha value is -2.62. The Kier molecular flexibility index (Phi) is 5.23. The van der Waals surface area contributed by atoms with Crippen molar-refractivity contribution in [3.63, 3.8) is 0 Å². The highest BCUT2D eigenvalue weighted by molar-refractivity contribution is 5.94. The van der Waals surface area contributed by atoms with Crippen molar-refractivity contribution in [2.24, 2.45) is 0 Å². The van der Waals surface area contributed by atoms with E-state index >= 15 is 0 Å². The van der Waals surface area contributed by atoms with Crippen LogP contribution in [-0.2, 0) is 30.7 Å². The topological polar surface area (TPSA) is 49.4 Å². The molecule has 4 nitrogen and oxygen atoms in total. The number of likely N-dealkylation sites (tertiary alicyclic amines) is 1. The van der Waals surface area contributed by atoms with Crippen LogP contribution in [0, 0.1) is 0 Å². The monoisotopic (exact) mass is 362 g/mol. The molecule has 0 spiro atoms. The Labute approximate surface area is 160 Å². The lowest BCUT2D eigenvalue weighted by atomic mass is 9.90. The van der Waals surface area contributed by atoms with Gasteiger partial charge in [0.2, 0.25) is 5.91 Å². The maximum Gasteiger partial charge on any atom is 0.251 e. The summed E-state index contributed by atoms with van der Waals surface area (Å²) in [4.78, 5) is 26.1. The molecule has 1 saturated heterocycles. The number of nitrogens with one attached hydrogen (secondary N) is 1. The van der Waals surface area contributed by atoms with Gasteiger partial charge < -0.3 is 10.2 Å². The van der Waals surface area contributed by atoms with Crippen LogP contribution in [0.2, 0.25) is 0 Å². The van der Waals surface area contributed by atoms with Crippen molar-refractivity contribution < 1.29 is 9.59 Å². The lowest BCUT2D eigenvalue weighted by molar-refractivity contribution is -0.128. The van der Waals surface area contributed by atoms with Gasteiger partial charge in [0, 0.05) is 31.6 Å². The minimum absolute atomic E-state index is 0.0184. The van der Waals surface area contributed by atoms with Gasteiger partial charge in [-0.15, -0.1) is 0 Å². The normalized spacial score (nSPS) is 16.3. The standard InChI is InChI=1S/C23H26N2O2/c26-22-6-3-13-25(22)16-18-9-7-17(8-10-18)15-24-23(27)21-12-11-19-4-1-2-5-20(19)14-21/h7-12,14H,1-6,13,15-16H2,(H,24,27). The Morgan fingerprint density at radius 1 is 0.889 bits per heavy atom. The predicted molar refractivity (Wildman–Crippen MR) is 105 cm³/mol. The molecule has 2 amide bonds. The molecule has 0 bridgehead atoms. The number of rotatable bonds is 5. The number of nitrogens with zero attached hydrogens (tertiary/aromatic N) is 1. The first-order valence-electron chi connectivity index (χ1n) is 9.95. The first-order chi connectivity index (χ1) is 13.2. The number of amides is 2. The zero-order chi connectivity index (χ0) is 18.6. The summed E-state index contributed by atoms with van der Waals surface area (Å²) in [5, 5.41) is 3.02. The van der Waals surface area contributed by atoms with Crippen molar-refractivity contribution in [3.8, 4) is 0 Å². The summed E-state index contributed by atoms with van der Waals surface area (Å²) in [6.07, 6.45) is 6.32. The molecule has 4 rings (SSSR count). The van der Waals surface area contributed by atoms with Crippen molar-refractivity contribution in [2.45, 2.75) is 51.6 Å². The van der Waals surface area contributed by atoms with Crippen molar-refractivity contribution in [1.82, 2.24) is 10.2 Å². The highest BCUT2D eigenvalue weighted by atomic mass is 16.2. The molecule has 2 aromatic carbocycles. The highest BCUT2D eigenvalue weighted by Crippen LogP contribution is 2.22. The van der Waals surface area contributed by atoms with Crippen LogP contribution in [0.1, 0.15) is 58.3 Å². The average Bonchev–Trinajstić information content (AvgIpc) is 3.11. The quantitative estimate of drug-likeness (QED) is 0.883. The van der Waals surface area contributed by atoms with Crippen molar-refractivity contribution in [3.05, 3.63) is 70.3 Å². The van der Waals surface area contributed by atoms with E-state index in [0.717, 1.165) is 42.5 Å². The molecule has 0 atom stereocenters. The minimum atomic E-state index is -0.0184. The van der Waals surface area contributed by atoms with Gasteiger partial charge in [0.25, 0.3) is 5.91 Å². The van der Waals surface area contributed by atoms with E-state index in [1.807, 2.05) is 35.2 Å². The molecule has 2 aliphatic rings. The summed E-state index contributed by atoms with van der Waals surface area (Å²) in [6, 6.07) is 14.3. The van der Waals surface area contributed by atoms with Crippen molar-refractivity contribution in [2.75, 3.05) is 6.54 Å². The van der Waals surface area contributed by atoms with Gasteiger partial charge in [-0.05, 0) is 66.5 Å². The van der Waals surface area contributed by atoms with Gasteiger partial charge in [-0.1, -0.05) is 30.3 Å². The number of aryl methyl sites for hydroxylation is 2. The van der Waals surface area contributed by atoms with Gasteiger partial charge >= 0.3 is 0 Å². The van der Waals surface area contributed by atoms with Crippen molar-refractivity contribution in [1.29, 1.82) is 0 Å². The van der Waals surface area contributed by atoms with Crippen LogP contribution in [0.4, 0.5) is 0 Å². The van der Waals surface area contributed by atoms with Gasteiger partial charge in [0.1, 0.15) is 0 Å². The first-order valence-corrected chi connectivity index (χ1v) is 9.95. The lowest BCUT2D eigenvalue weighted by Gasteiger charge is -2.16. The molecular formula is C23H26N2O2. The molecule has 140 valence electrons. The molecule has 1 heterocycles. The molecule has 1 N–H and O–H groups in total. The Balaban J connectivity index is 1.33. The SMILES string of the molecule is O=C(NCc1ccc(CN2CCCC2=O)cc1)c1ccc2c(c1)CCCC2. The zero-order valence-electron chi connectivity index (χ0n) is 15.7. The van der Waals surface area contributed by atoms with Crippen LogP contribution in [-0.4, -0.2) is 23.3 Å². The largest absolute Gasteiger partial charge is 0.348 e. The van der Waals surface area contributed by atoms with Gasteiger partial charge in [-0.3, -0.25) is 9.59 Å². The molecule has 1 aliphatic carbocycles. The van der Waals surface area contributed by atoms with Crippen LogP contribution in [0.15, 0.2) is 42.5 Å². The Morgan fingerprint density at radius 2 is 1.63 bits per heavy atom.